The van der Waals surface area contributed by atoms with E-state index in [9.17, 15) is 4.79 Å². The van der Waals surface area contributed by atoms with Gasteiger partial charge in [-0.3, -0.25) is 0 Å². The lowest BCUT2D eigenvalue weighted by Gasteiger charge is -2.19. The molecule has 0 fully saturated rings. The van der Waals surface area contributed by atoms with Gasteiger partial charge in [0.15, 0.2) is 0 Å². The number of oxime groups is 2. The van der Waals surface area contributed by atoms with E-state index in [0.717, 1.165) is 16.9 Å². The van der Waals surface area contributed by atoms with Crippen LogP contribution in [-0.4, -0.2) is 38.2 Å². The van der Waals surface area contributed by atoms with Crippen molar-refractivity contribution >= 4 is 23.0 Å². The van der Waals surface area contributed by atoms with Crippen LogP contribution in [0.5, 0.6) is 11.5 Å². The van der Waals surface area contributed by atoms with Gasteiger partial charge in [0, 0.05) is 11.1 Å². The number of nitrogens with zero attached hydrogens (tertiary/aromatic N) is 2. The molecule has 0 N–H and O–H groups in total. The average Bonchev–Trinajstić information content (AvgIpc) is 2.96. The maximum absolute atomic E-state index is 12.3. The van der Waals surface area contributed by atoms with Gasteiger partial charge >= 0.3 is 5.97 Å². The highest BCUT2D eigenvalue weighted by Gasteiger charge is 2.17. The van der Waals surface area contributed by atoms with E-state index in [2.05, 4.69) is 43.2 Å². The molecule has 0 heterocycles. The van der Waals surface area contributed by atoms with E-state index in [0.29, 0.717) is 29.3 Å². The molecule has 3 rings (SSSR count). The van der Waals surface area contributed by atoms with Gasteiger partial charge in [-0.1, -0.05) is 67.5 Å². The SMILES string of the molecule is CCON=C(C(C)=NOCc1ccccc1C(=COC)C(=O)OC)c1ccc(Oc2ccc(C(C)(C)C)cc2)cc1. The van der Waals surface area contributed by atoms with E-state index in [-0.39, 0.29) is 17.6 Å². The van der Waals surface area contributed by atoms with Gasteiger partial charge in [0.2, 0.25) is 0 Å². The Labute approximate surface area is 242 Å². The fourth-order valence-corrected chi connectivity index (χ4v) is 3.90. The molecule has 41 heavy (non-hydrogen) atoms. The van der Waals surface area contributed by atoms with Crippen LogP contribution in [0.15, 0.2) is 89.4 Å². The summed E-state index contributed by atoms with van der Waals surface area (Å²) in [6, 6.07) is 22.9. The number of carbonyl (C=O) groups is 1. The first-order valence-corrected chi connectivity index (χ1v) is 13.3. The lowest BCUT2D eigenvalue weighted by molar-refractivity contribution is -0.133. The van der Waals surface area contributed by atoms with Gasteiger partial charge in [0.25, 0.3) is 0 Å². The summed E-state index contributed by atoms with van der Waals surface area (Å²) in [4.78, 5) is 23.3. The van der Waals surface area contributed by atoms with Crippen molar-refractivity contribution in [3.63, 3.8) is 0 Å². The number of methoxy groups -OCH3 is 2. The molecular formula is C33H38N2O6. The first-order valence-electron chi connectivity index (χ1n) is 13.3. The van der Waals surface area contributed by atoms with Gasteiger partial charge in [-0.2, -0.15) is 0 Å². The molecule has 0 saturated heterocycles. The number of rotatable bonds is 12. The summed E-state index contributed by atoms with van der Waals surface area (Å²) < 4.78 is 16.0. The Bertz CT molecular complexity index is 1380. The molecule has 3 aromatic rings. The minimum atomic E-state index is -0.514. The van der Waals surface area contributed by atoms with Crippen molar-refractivity contribution in [1.29, 1.82) is 0 Å². The Balaban J connectivity index is 1.75. The highest BCUT2D eigenvalue weighted by Crippen LogP contribution is 2.27. The molecule has 0 saturated carbocycles. The first-order chi connectivity index (χ1) is 19.7. The van der Waals surface area contributed by atoms with Crippen molar-refractivity contribution in [1.82, 2.24) is 0 Å². The molecule has 0 spiro atoms. The van der Waals surface area contributed by atoms with E-state index in [1.54, 1.807) is 13.0 Å². The Morgan fingerprint density at radius 1 is 0.854 bits per heavy atom. The normalized spacial score (nSPS) is 12.5. The van der Waals surface area contributed by atoms with Crippen LogP contribution in [-0.2, 0) is 36.0 Å². The molecule has 0 radical (unpaired) electrons. The number of hydrogen-bond acceptors (Lipinski definition) is 8. The van der Waals surface area contributed by atoms with Crippen molar-refractivity contribution in [3.05, 3.63) is 101 Å². The predicted octanol–water partition coefficient (Wildman–Crippen LogP) is 7.27. The van der Waals surface area contributed by atoms with Crippen molar-refractivity contribution in [2.45, 2.75) is 46.6 Å². The fraction of sp³-hybridized carbons (Fsp3) is 0.303. The zero-order valence-electron chi connectivity index (χ0n) is 24.8. The van der Waals surface area contributed by atoms with Gasteiger partial charge in [0.05, 0.1) is 20.5 Å². The summed E-state index contributed by atoms with van der Waals surface area (Å²) in [6.07, 6.45) is 1.35. The zero-order valence-corrected chi connectivity index (χ0v) is 24.8. The molecule has 0 aliphatic heterocycles. The minimum Gasteiger partial charge on any atom is -0.503 e. The predicted molar refractivity (Wildman–Crippen MR) is 161 cm³/mol. The third-order valence-corrected chi connectivity index (χ3v) is 6.08. The first kappa shape index (κ1) is 30.9. The van der Waals surface area contributed by atoms with Crippen LogP contribution < -0.4 is 4.74 Å². The van der Waals surface area contributed by atoms with Crippen LogP contribution in [0.25, 0.3) is 5.57 Å². The lowest BCUT2D eigenvalue weighted by Crippen LogP contribution is -2.14. The average molecular weight is 559 g/mol. The maximum Gasteiger partial charge on any atom is 0.341 e. The summed E-state index contributed by atoms with van der Waals surface area (Å²) in [5.74, 6) is 0.941. The van der Waals surface area contributed by atoms with E-state index in [4.69, 9.17) is 23.9 Å². The number of ether oxygens (including phenoxy) is 3. The quantitative estimate of drug-likeness (QED) is 0.0764. The molecule has 0 aliphatic rings. The van der Waals surface area contributed by atoms with Crippen molar-refractivity contribution in [2.75, 3.05) is 20.8 Å². The molecule has 0 amide bonds. The summed E-state index contributed by atoms with van der Waals surface area (Å²) in [5, 5.41) is 8.55. The number of hydrogen-bond donors (Lipinski definition) is 0. The highest BCUT2D eigenvalue weighted by atomic mass is 16.6. The number of esters is 1. The maximum atomic E-state index is 12.3. The topological polar surface area (TPSA) is 87.9 Å². The Hall–Kier alpha value is -4.59. The van der Waals surface area contributed by atoms with E-state index in [1.165, 1.54) is 26.0 Å². The third kappa shape index (κ3) is 8.70. The second kappa shape index (κ2) is 14.7. The van der Waals surface area contributed by atoms with Gasteiger partial charge in [-0.25, -0.2) is 4.79 Å². The van der Waals surface area contributed by atoms with Crippen LogP contribution in [0.4, 0.5) is 0 Å². The van der Waals surface area contributed by atoms with Gasteiger partial charge in [-0.05, 0) is 66.8 Å². The van der Waals surface area contributed by atoms with Gasteiger partial charge < -0.3 is 23.9 Å². The van der Waals surface area contributed by atoms with Crippen LogP contribution >= 0.6 is 0 Å². The second-order valence-corrected chi connectivity index (χ2v) is 10.1. The largest absolute Gasteiger partial charge is 0.503 e. The van der Waals surface area contributed by atoms with Crippen molar-refractivity contribution < 1.29 is 28.7 Å². The Kier molecular flexibility index (Phi) is 11.1. The smallest absolute Gasteiger partial charge is 0.341 e. The van der Waals surface area contributed by atoms with E-state index < -0.39 is 5.97 Å². The van der Waals surface area contributed by atoms with Crippen LogP contribution in [0.3, 0.4) is 0 Å². The van der Waals surface area contributed by atoms with Crippen LogP contribution in [0.2, 0.25) is 0 Å². The van der Waals surface area contributed by atoms with Gasteiger partial charge in [-0.15, -0.1) is 0 Å². The summed E-state index contributed by atoms with van der Waals surface area (Å²) in [7, 11) is 2.79. The fourth-order valence-electron chi connectivity index (χ4n) is 3.90. The number of benzene rings is 3. The standard InChI is InChI=1S/C33H38N2O6/c1-8-39-35-31(24-13-17-27(18-14-24)41-28-19-15-26(16-20-28)33(3,4)5)23(2)34-40-21-25-11-9-10-12-29(25)30(22-37-6)32(36)38-7/h9-20,22H,8,21H2,1-7H3. The molecule has 8 nitrogen and oxygen atoms in total. The summed E-state index contributed by atoms with van der Waals surface area (Å²) in [6.45, 7) is 10.7. The third-order valence-electron chi connectivity index (χ3n) is 6.08. The Morgan fingerprint density at radius 2 is 1.49 bits per heavy atom. The molecular weight excluding hydrogens is 520 g/mol. The highest BCUT2D eigenvalue weighted by molar-refractivity contribution is 6.47. The van der Waals surface area contributed by atoms with E-state index >= 15 is 0 Å². The molecule has 0 bridgehead atoms. The lowest BCUT2D eigenvalue weighted by atomic mass is 9.87. The molecule has 0 aliphatic carbocycles. The van der Waals surface area contributed by atoms with Crippen molar-refractivity contribution in [2.24, 2.45) is 10.3 Å². The van der Waals surface area contributed by atoms with Crippen LogP contribution in [0, 0.1) is 0 Å². The van der Waals surface area contributed by atoms with Crippen molar-refractivity contribution in [3.8, 4) is 11.5 Å². The van der Waals surface area contributed by atoms with Gasteiger partial charge in [0.1, 0.15) is 41.7 Å². The second-order valence-electron chi connectivity index (χ2n) is 10.1. The molecule has 0 unspecified atom stereocenters. The summed E-state index contributed by atoms with van der Waals surface area (Å²) >= 11 is 0. The molecule has 8 heteroatoms. The zero-order chi connectivity index (χ0) is 29.8. The molecule has 216 valence electrons. The molecule has 3 aromatic carbocycles. The van der Waals surface area contributed by atoms with Crippen LogP contribution in [0.1, 0.15) is 56.9 Å². The van der Waals surface area contributed by atoms with E-state index in [1.807, 2.05) is 61.5 Å². The monoisotopic (exact) mass is 558 g/mol. The number of carbonyl (C=O) groups excluding carboxylic acids is 1. The Morgan fingerprint density at radius 3 is 2.07 bits per heavy atom. The summed E-state index contributed by atoms with van der Waals surface area (Å²) in [5.41, 5.74) is 4.79. The molecule has 0 atom stereocenters. The minimum absolute atomic E-state index is 0.0794. The molecule has 0 aromatic heterocycles.